The quantitative estimate of drug-likeness (QED) is 0.252. The molecule has 0 spiro atoms. The normalized spacial score (nSPS) is 20.0. The molecule has 0 aromatic heterocycles. The Labute approximate surface area is 202 Å². The van der Waals surface area contributed by atoms with E-state index in [-0.39, 0.29) is 10.9 Å². The Kier molecular flexibility index (Phi) is 9.25. The molecular formula is C27H37BN2O2S. The van der Waals surface area contributed by atoms with Gasteiger partial charge in [-0.2, -0.15) is 0 Å². The van der Waals surface area contributed by atoms with Gasteiger partial charge >= 0.3 is 0 Å². The minimum absolute atomic E-state index is 0.231. The van der Waals surface area contributed by atoms with Crippen LogP contribution in [0.1, 0.15) is 76.8 Å². The Balaban J connectivity index is 1.70. The maximum atomic E-state index is 13.4. The van der Waals surface area contributed by atoms with Crippen molar-refractivity contribution in [3.8, 4) is 0 Å². The highest BCUT2D eigenvalue weighted by Crippen LogP contribution is 2.40. The average Bonchev–Trinajstić information content (AvgIpc) is 3.03. The fourth-order valence-electron chi connectivity index (χ4n) is 4.60. The van der Waals surface area contributed by atoms with Crippen molar-refractivity contribution in [1.82, 2.24) is 5.32 Å². The molecule has 0 saturated heterocycles. The number of para-hydroxylation sites is 1. The summed E-state index contributed by atoms with van der Waals surface area (Å²) in [6, 6.07) is 7.48. The van der Waals surface area contributed by atoms with Gasteiger partial charge < -0.3 is 5.32 Å². The summed E-state index contributed by atoms with van der Waals surface area (Å²) >= 11 is 0. The number of hydrogen-bond acceptors (Lipinski definition) is 3. The molecule has 2 atom stereocenters. The number of sulfonamides is 1. The lowest BCUT2D eigenvalue weighted by Gasteiger charge is -2.23. The van der Waals surface area contributed by atoms with Gasteiger partial charge in [-0.1, -0.05) is 94.6 Å². The maximum absolute atomic E-state index is 13.4. The summed E-state index contributed by atoms with van der Waals surface area (Å²) in [4.78, 5) is 0.247. The van der Waals surface area contributed by atoms with Crippen LogP contribution in [0.4, 0.5) is 5.69 Å². The van der Waals surface area contributed by atoms with Gasteiger partial charge in [-0.25, -0.2) is 8.42 Å². The van der Waals surface area contributed by atoms with Crippen LogP contribution >= 0.6 is 0 Å². The fourth-order valence-corrected chi connectivity index (χ4v) is 6.01. The van der Waals surface area contributed by atoms with E-state index in [4.69, 9.17) is 7.85 Å². The highest BCUT2D eigenvalue weighted by molar-refractivity contribution is 7.96. The zero-order valence-corrected chi connectivity index (χ0v) is 21.1. The molecule has 6 heteroatoms. The van der Waals surface area contributed by atoms with E-state index in [1.165, 1.54) is 55.3 Å². The topological polar surface area (TPSA) is 49.4 Å². The molecule has 0 bridgehead atoms. The van der Waals surface area contributed by atoms with Crippen molar-refractivity contribution in [3.05, 3.63) is 69.7 Å². The SMILES string of the molecule is [B]C1=C=CC2=C(C=C1)C(NCCCCCCC(C)CCCC)c1ccccc1N(C)S2(=O)=O. The monoisotopic (exact) mass is 464 g/mol. The van der Waals surface area contributed by atoms with Crippen LogP contribution in [-0.2, 0) is 10.0 Å². The lowest BCUT2D eigenvalue weighted by Crippen LogP contribution is -2.27. The first-order valence-corrected chi connectivity index (χ1v) is 13.8. The van der Waals surface area contributed by atoms with E-state index >= 15 is 0 Å². The van der Waals surface area contributed by atoms with Crippen molar-refractivity contribution in [2.24, 2.45) is 5.92 Å². The second-order valence-electron chi connectivity index (χ2n) is 9.27. The Morgan fingerprint density at radius 3 is 2.61 bits per heavy atom. The van der Waals surface area contributed by atoms with Gasteiger partial charge in [0.15, 0.2) is 0 Å². The predicted octanol–water partition coefficient (Wildman–Crippen LogP) is 5.91. The zero-order chi connectivity index (χ0) is 23.8. The van der Waals surface area contributed by atoms with Crippen LogP contribution in [0.15, 0.2) is 64.2 Å². The van der Waals surface area contributed by atoms with E-state index in [2.05, 4.69) is 24.9 Å². The van der Waals surface area contributed by atoms with Gasteiger partial charge in [0.05, 0.1) is 11.7 Å². The first-order valence-electron chi connectivity index (χ1n) is 12.3. The molecule has 2 aliphatic rings. The van der Waals surface area contributed by atoms with Crippen molar-refractivity contribution in [1.29, 1.82) is 0 Å². The van der Waals surface area contributed by atoms with Crippen molar-refractivity contribution in [3.63, 3.8) is 0 Å². The van der Waals surface area contributed by atoms with E-state index < -0.39 is 10.0 Å². The summed E-state index contributed by atoms with van der Waals surface area (Å²) in [5.41, 5.74) is 5.68. The van der Waals surface area contributed by atoms with Gasteiger partial charge in [0, 0.05) is 13.1 Å². The number of benzene rings is 1. The second-order valence-corrected chi connectivity index (χ2v) is 11.2. The summed E-state index contributed by atoms with van der Waals surface area (Å²) in [6.45, 7) is 5.45. The number of anilines is 1. The molecule has 4 nitrogen and oxygen atoms in total. The van der Waals surface area contributed by atoms with Crippen molar-refractivity contribution >= 4 is 23.6 Å². The first-order chi connectivity index (χ1) is 15.9. The third-order valence-corrected chi connectivity index (χ3v) is 8.48. The second kappa shape index (κ2) is 11.9. The largest absolute Gasteiger partial charge is 0.306 e. The molecule has 1 aromatic rings. The summed E-state index contributed by atoms with van der Waals surface area (Å²) in [5, 5.41) is 3.65. The molecule has 0 amide bonds. The van der Waals surface area contributed by atoms with Crippen molar-refractivity contribution in [2.45, 2.75) is 71.3 Å². The van der Waals surface area contributed by atoms with Crippen LogP contribution in [0.2, 0.25) is 0 Å². The van der Waals surface area contributed by atoms with E-state index in [9.17, 15) is 8.42 Å². The van der Waals surface area contributed by atoms with Crippen LogP contribution in [0.5, 0.6) is 0 Å². The standard InChI is InChI=1S/C27H37BN2O2S/c1-4-5-12-21(2)13-8-6-7-11-20-29-27-23-14-9-10-15-25(23)30(3)33(31,32)26-19-17-22(28)16-18-24(26)27/h9-10,14-16,18-19,21,27,29H,4-8,11-13,20H2,1-3H3. The van der Waals surface area contributed by atoms with E-state index in [0.717, 1.165) is 24.4 Å². The minimum Gasteiger partial charge on any atom is -0.306 e. The minimum atomic E-state index is -3.71. The molecular weight excluding hydrogens is 427 g/mol. The maximum Gasteiger partial charge on any atom is 0.265 e. The Hall–Kier alpha value is -2.01. The smallest absolute Gasteiger partial charge is 0.265 e. The van der Waals surface area contributed by atoms with Gasteiger partial charge in [-0.3, -0.25) is 4.31 Å². The molecule has 33 heavy (non-hydrogen) atoms. The van der Waals surface area contributed by atoms with Gasteiger partial charge in [-0.05, 0) is 36.1 Å². The Morgan fingerprint density at radius 1 is 1.09 bits per heavy atom. The van der Waals surface area contributed by atoms with Crippen molar-refractivity contribution in [2.75, 3.05) is 17.9 Å². The molecule has 176 valence electrons. The number of nitrogens with zero attached hydrogens (tertiary/aromatic N) is 1. The number of nitrogens with one attached hydrogen (secondary N) is 1. The first kappa shape index (κ1) is 25.6. The lowest BCUT2D eigenvalue weighted by molar-refractivity contribution is 0.440. The molecule has 0 saturated carbocycles. The number of unbranched alkanes of at least 4 members (excludes halogenated alkanes) is 4. The van der Waals surface area contributed by atoms with Crippen LogP contribution < -0.4 is 9.62 Å². The third kappa shape index (κ3) is 6.32. The van der Waals surface area contributed by atoms with Crippen molar-refractivity contribution < 1.29 is 8.42 Å². The Bertz CT molecular complexity index is 1050. The van der Waals surface area contributed by atoms with Gasteiger partial charge in [-0.15, -0.1) is 5.73 Å². The lowest BCUT2D eigenvalue weighted by atomic mass is 9.93. The van der Waals surface area contributed by atoms with Crippen LogP contribution in [-0.4, -0.2) is 29.9 Å². The summed E-state index contributed by atoms with van der Waals surface area (Å²) in [6.07, 6.45) is 15.1. The molecule has 0 fully saturated rings. The van der Waals surface area contributed by atoms with Crippen LogP contribution in [0.3, 0.4) is 0 Å². The van der Waals surface area contributed by atoms with Gasteiger partial charge in [0.2, 0.25) is 0 Å². The van der Waals surface area contributed by atoms with Crippen LogP contribution in [0.25, 0.3) is 0 Å². The molecule has 2 unspecified atom stereocenters. The number of allylic oxidation sites excluding steroid dienone is 2. The van der Waals surface area contributed by atoms with Gasteiger partial charge in [0.1, 0.15) is 12.8 Å². The van der Waals surface area contributed by atoms with Crippen LogP contribution in [0, 0.1) is 5.92 Å². The van der Waals surface area contributed by atoms with E-state index in [1.807, 2.05) is 30.3 Å². The highest BCUT2D eigenvalue weighted by atomic mass is 32.2. The predicted molar refractivity (Wildman–Crippen MR) is 140 cm³/mol. The third-order valence-electron chi connectivity index (χ3n) is 6.66. The molecule has 1 aliphatic carbocycles. The number of hydrogen-bond donors (Lipinski definition) is 1. The summed E-state index contributed by atoms with van der Waals surface area (Å²) in [7, 11) is 3.83. The molecule has 1 aliphatic heterocycles. The average molecular weight is 464 g/mol. The van der Waals surface area contributed by atoms with Gasteiger partial charge in [0.25, 0.3) is 10.0 Å². The zero-order valence-electron chi connectivity index (χ0n) is 20.3. The molecule has 1 N–H and O–H groups in total. The molecule has 3 rings (SSSR count). The number of rotatable bonds is 11. The highest BCUT2D eigenvalue weighted by Gasteiger charge is 2.35. The Morgan fingerprint density at radius 2 is 1.82 bits per heavy atom. The molecule has 2 radical (unpaired) electrons. The van der Waals surface area contributed by atoms with E-state index in [1.54, 1.807) is 13.1 Å². The molecule has 1 aromatic carbocycles. The summed E-state index contributed by atoms with van der Waals surface area (Å²) < 4.78 is 28.1. The fraction of sp³-hybridized carbons (Fsp3) is 0.519. The molecule has 1 heterocycles. The summed E-state index contributed by atoms with van der Waals surface area (Å²) in [5.74, 6) is 0.825. The number of fused-ring (bicyclic) bond motifs is 1. The van der Waals surface area contributed by atoms with E-state index in [0.29, 0.717) is 16.7 Å².